The molecule has 0 bridgehead atoms. The number of amides is 1. The summed E-state index contributed by atoms with van der Waals surface area (Å²) < 4.78 is 41.5. The van der Waals surface area contributed by atoms with Gasteiger partial charge in [0.15, 0.2) is 0 Å². The Hall–Kier alpha value is -1.64. The van der Waals surface area contributed by atoms with Gasteiger partial charge in [-0.1, -0.05) is 40.9 Å². The van der Waals surface area contributed by atoms with Crippen molar-refractivity contribution in [3.8, 4) is 0 Å². The van der Waals surface area contributed by atoms with Gasteiger partial charge in [-0.25, -0.2) is 4.39 Å². The molecule has 134 valence electrons. The van der Waals surface area contributed by atoms with E-state index in [9.17, 15) is 17.6 Å². The molecule has 2 rings (SSSR count). The van der Waals surface area contributed by atoms with Gasteiger partial charge in [-0.3, -0.25) is 9.35 Å². The summed E-state index contributed by atoms with van der Waals surface area (Å²) in [5.41, 5.74) is 5.59. The number of hydrogen-bond acceptors (Lipinski definition) is 3. The topological polar surface area (TPSA) is 97.5 Å². The lowest BCUT2D eigenvalue weighted by Gasteiger charge is -1.97. The van der Waals surface area contributed by atoms with Gasteiger partial charge < -0.3 is 5.73 Å². The van der Waals surface area contributed by atoms with Crippen molar-refractivity contribution in [1.29, 1.82) is 0 Å². The van der Waals surface area contributed by atoms with Crippen LogP contribution in [0.2, 0.25) is 15.1 Å². The van der Waals surface area contributed by atoms with Crippen molar-refractivity contribution >= 4 is 56.9 Å². The molecule has 25 heavy (non-hydrogen) atoms. The second-order valence-corrected chi connectivity index (χ2v) is 7.00. The normalized spacial score (nSPS) is 11.1. The maximum absolute atomic E-state index is 12.4. The zero-order chi connectivity index (χ0) is 19.2. The predicted octanol–water partition coefficient (Wildman–Crippen LogP) is 4.43. The Kier molecular flexibility index (Phi) is 7.85. The minimum Gasteiger partial charge on any atom is -0.366 e. The molecule has 0 saturated carbocycles. The number of primary amides is 1. The van der Waals surface area contributed by atoms with E-state index in [-0.39, 0.29) is 10.6 Å². The highest BCUT2D eigenvalue weighted by Crippen LogP contribution is 2.23. The minimum absolute atomic E-state index is 0.0394. The molecule has 2 aromatic rings. The summed E-state index contributed by atoms with van der Waals surface area (Å²) in [4.78, 5) is 10.5. The molecule has 0 fully saturated rings. The van der Waals surface area contributed by atoms with Crippen LogP contribution < -0.4 is 5.73 Å². The second kappa shape index (κ2) is 9.17. The van der Waals surface area contributed by atoms with Crippen LogP contribution in [0.5, 0.6) is 0 Å². The lowest BCUT2D eigenvalue weighted by atomic mass is 10.2. The predicted molar refractivity (Wildman–Crippen MR) is 97.0 cm³/mol. The SMILES string of the molecule is NC(=O)c1ccc(F)cc1Cl.O=S(=O)(O)/C=C/c1ccc(Cl)c(Cl)c1. The zero-order valence-corrected chi connectivity index (χ0v) is 15.4. The summed E-state index contributed by atoms with van der Waals surface area (Å²) in [6.07, 6.45) is 1.22. The van der Waals surface area contributed by atoms with E-state index in [0.29, 0.717) is 21.0 Å². The third kappa shape index (κ3) is 7.85. The number of halogens is 4. The average Bonchev–Trinajstić information content (AvgIpc) is 2.48. The van der Waals surface area contributed by atoms with E-state index in [1.807, 2.05) is 0 Å². The van der Waals surface area contributed by atoms with Crippen LogP contribution >= 0.6 is 34.8 Å². The smallest absolute Gasteiger partial charge is 0.287 e. The summed E-state index contributed by atoms with van der Waals surface area (Å²) >= 11 is 16.8. The summed E-state index contributed by atoms with van der Waals surface area (Å²) in [5, 5.41) is 1.42. The number of nitrogens with two attached hydrogens (primary N) is 1. The highest BCUT2D eigenvalue weighted by Gasteiger charge is 2.05. The second-order valence-electron chi connectivity index (χ2n) is 4.48. The summed E-state index contributed by atoms with van der Waals surface area (Å²) in [7, 11) is -4.10. The van der Waals surface area contributed by atoms with Crippen LogP contribution in [-0.4, -0.2) is 18.9 Å². The maximum Gasteiger partial charge on any atom is 0.287 e. The highest BCUT2D eigenvalue weighted by atomic mass is 35.5. The first-order valence-corrected chi connectivity index (χ1v) is 8.99. The van der Waals surface area contributed by atoms with Crippen molar-refractivity contribution in [2.75, 3.05) is 0 Å². The van der Waals surface area contributed by atoms with Crippen molar-refractivity contribution in [1.82, 2.24) is 0 Å². The van der Waals surface area contributed by atoms with Gasteiger partial charge >= 0.3 is 0 Å². The molecule has 0 aromatic heterocycles. The molecule has 0 aliphatic rings. The van der Waals surface area contributed by atoms with Gasteiger partial charge in [0.2, 0.25) is 5.91 Å². The molecule has 0 aliphatic heterocycles. The van der Waals surface area contributed by atoms with Gasteiger partial charge in [0.05, 0.1) is 26.0 Å². The first kappa shape index (κ1) is 21.4. The van der Waals surface area contributed by atoms with E-state index in [0.717, 1.165) is 12.1 Å². The third-order valence-corrected chi connectivity index (χ3v) is 4.10. The van der Waals surface area contributed by atoms with Gasteiger partial charge in [-0.05, 0) is 42.0 Å². The van der Waals surface area contributed by atoms with Crippen LogP contribution in [0.25, 0.3) is 6.08 Å². The molecular weight excluding hydrogens is 416 g/mol. The Morgan fingerprint density at radius 3 is 2.16 bits per heavy atom. The maximum atomic E-state index is 12.4. The van der Waals surface area contributed by atoms with Crippen LogP contribution in [0.15, 0.2) is 41.8 Å². The molecule has 0 saturated heterocycles. The summed E-state index contributed by atoms with van der Waals surface area (Å²) in [6, 6.07) is 8.03. The van der Waals surface area contributed by atoms with E-state index in [1.54, 1.807) is 6.07 Å². The van der Waals surface area contributed by atoms with Gasteiger partial charge in [0.25, 0.3) is 10.1 Å². The molecule has 1 amide bonds. The van der Waals surface area contributed by atoms with E-state index >= 15 is 0 Å². The first-order valence-electron chi connectivity index (χ1n) is 6.35. The molecule has 0 radical (unpaired) electrons. The highest BCUT2D eigenvalue weighted by molar-refractivity contribution is 7.88. The molecule has 2 aromatic carbocycles. The standard InChI is InChI=1S/C8H6Cl2O3S.C7H5ClFNO/c9-7-2-1-6(5-8(7)10)3-4-14(11,12)13;8-6-3-4(9)1-2-5(6)7(10)11/h1-5H,(H,11,12,13);1-3H,(H2,10,11)/b4-3+;. The van der Waals surface area contributed by atoms with Crippen molar-refractivity contribution in [3.05, 3.63) is 73.8 Å². The summed E-state index contributed by atoms with van der Waals surface area (Å²) in [5.74, 6) is -1.14. The number of carbonyl (C=O) groups excluding carboxylic acids is 1. The lowest BCUT2D eigenvalue weighted by Crippen LogP contribution is -2.11. The average molecular weight is 427 g/mol. The summed E-state index contributed by atoms with van der Waals surface area (Å²) in [6.45, 7) is 0. The van der Waals surface area contributed by atoms with Crippen LogP contribution in [-0.2, 0) is 10.1 Å². The minimum atomic E-state index is -4.10. The van der Waals surface area contributed by atoms with Gasteiger partial charge in [-0.2, -0.15) is 8.42 Å². The van der Waals surface area contributed by atoms with E-state index in [4.69, 9.17) is 45.1 Å². The van der Waals surface area contributed by atoms with E-state index in [2.05, 4.69) is 0 Å². The molecular formula is C15H11Cl3FNO4S. The first-order chi connectivity index (χ1) is 11.5. The molecule has 5 nitrogen and oxygen atoms in total. The fourth-order valence-corrected chi connectivity index (χ4v) is 2.37. The number of hydrogen-bond donors (Lipinski definition) is 2. The number of carbonyl (C=O) groups is 1. The van der Waals surface area contributed by atoms with Crippen LogP contribution in [0.3, 0.4) is 0 Å². The Labute approximate surface area is 158 Å². The largest absolute Gasteiger partial charge is 0.366 e. The van der Waals surface area contributed by atoms with Crippen LogP contribution in [0.1, 0.15) is 15.9 Å². The van der Waals surface area contributed by atoms with Crippen molar-refractivity contribution < 1.29 is 22.2 Å². The zero-order valence-electron chi connectivity index (χ0n) is 12.3. The van der Waals surface area contributed by atoms with Crippen molar-refractivity contribution in [2.24, 2.45) is 5.73 Å². The van der Waals surface area contributed by atoms with Gasteiger partial charge in [0.1, 0.15) is 5.82 Å². The van der Waals surface area contributed by atoms with Crippen LogP contribution in [0.4, 0.5) is 4.39 Å². The molecule has 0 unspecified atom stereocenters. The Bertz CT molecular complexity index is 917. The quantitative estimate of drug-likeness (QED) is 0.709. The van der Waals surface area contributed by atoms with Crippen molar-refractivity contribution in [3.63, 3.8) is 0 Å². The van der Waals surface area contributed by atoms with Crippen LogP contribution in [0, 0.1) is 5.82 Å². The molecule has 10 heteroatoms. The monoisotopic (exact) mass is 425 g/mol. The van der Waals surface area contributed by atoms with E-state index < -0.39 is 21.8 Å². The molecule has 0 heterocycles. The molecule has 3 N–H and O–H groups in total. The molecule has 0 atom stereocenters. The fraction of sp³-hybridized carbons (Fsp3) is 0. The molecule has 0 aliphatic carbocycles. The fourth-order valence-electron chi connectivity index (χ4n) is 1.47. The number of rotatable bonds is 3. The Morgan fingerprint density at radius 2 is 1.68 bits per heavy atom. The molecule has 0 spiro atoms. The van der Waals surface area contributed by atoms with E-state index in [1.165, 1.54) is 24.3 Å². The van der Waals surface area contributed by atoms with Gasteiger partial charge in [-0.15, -0.1) is 0 Å². The lowest BCUT2D eigenvalue weighted by molar-refractivity contribution is 0.100. The Balaban J connectivity index is 0.000000257. The number of benzene rings is 2. The van der Waals surface area contributed by atoms with Gasteiger partial charge in [0, 0.05) is 0 Å². The van der Waals surface area contributed by atoms with Crippen molar-refractivity contribution in [2.45, 2.75) is 0 Å². The third-order valence-electron chi connectivity index (χ3n) is 2.57. The Morgan fingerprint density at radius 1 is 1.04 bits per heavy atom.